The molecule has 0 bridgehead atoms. The first kappa shape index (κ1) is 14.1. The summed E-state index contributed by atoms with van der Waals surface area (Å²) >= 11 is 8.73. The SMILES string of the molecule is CNC(c1csc(Br)c1)c1cc2[nH]c(=O)[nH]c2cc1Br. The van der Waals surface area contributed by atoms with Crippen molar-refractivity contribution in [3.63, 3.8) is 0 Å². The van der Waals surface area contributed by atoms with E-state index in [4.69, 9.17) is 0 Å². The van der Waals surface area contributed by atoms with Crippen LogP contribution in [0.25, 0.3) is 11.0 Å². The van der Waals surface area contributed by atoms with Gasteiger partial charge < -0.3 is 15.3 Å². The topological polar surface area (TPSA) is 60.7 Å². The molecule has 0 aliphatic rings. The summed E-state index contributed by atoms with van der Waals surface area (Å²) in [5, 5.41) is 5.43. The summed E-state index contributed by atoms with van der Waals surface area (Å²) in [6, 6.07) is 6.08. The molecule has 104 valence electrons. The van der Waals surface area contributed by atoms with Crippen molar-refractivity contribution in [2.24, 2.45) is 0 Å². The molecule has 0 fully saturated rings. The van der Waals surface area contributed by atoms with Gasteiger partial charge in [-0.1, -0.05) is 15.9 Å². The van der Waals surface area contributed by atoms with Gasteiger partial charge in [-0.3, -0.25) is 0 Å². The van der Waals surface area contributed by atoms with E-state index >= 15 is 0 Å². The van der Waals surface area contributed by atoms with Crippen LogP contribution >= 0.6 is 43.2 Å². The van der Waals surface area contributed by atoms with Crippen molar-refractivity contribution < 1.29 is 0 Å². The van der Waals surface area contributed by atoms with Gasteiger partial charge in [0.05, 0.1) is 20.9 Å². The van der Waals surface area contributed by atoms with Crippen LogP contribution in [0.1, 0.15) is 17.2 Å². The van der Waals surface area contributed by atoms with Crippen LogP contribution in [0.5, 0.6) is 0 Å². The number of nitrogens with one attached hydrogen (secondary N) is 3. The minimum absolute atomic E-state index is 0.0646. The molecule has 1 aromatic carbocycles. The number of thiophene rings is 1. The summed E-state index contributed by atoms with van der Waals surface area (Å²) in [6.07, 6.45) is 0. The highest BCUT2D eigenvalue weighted by molar-refractivity contribution is 9.11. The first-order chi connectivity index (χ1) is 9.58. The first-order valence-corrected chi connectivity index (χ1v) is 8.37. The van der Waals surface area contributed by atoms with Crippen LogP contribution in [-0.4, -0.2) is 17.0 Å². The summed E-state index contributed by atoms with van der Waals surface area (Å²) in [5.41, 5.74) is 3.68. The summed E-state index contributed by atoms with van der Waals surface area (Å²) in [5.74, 6) is 0. The maximum Gasteiger partial charge on any atom is 0.323 e. The van der Waals surface area contributed by atoms with E-state index in [0.29, 0.717) is 0 Å². The second-order valence-electron chi connectivity index (χ2n) is 4.40. The van der Waals surface area contributed by atoms with Gasteiger partial charge in [0.25, 0.3) is 0 Å². The monoisotopic (exact) mass is 415 g/mol. The molecule has 20 heavy (non-hydrogen) atoms. The van der Waals surface area contributed by atoms with Crippen LogP contribution in [-0.2, 0) is 0 Å². The highest BCUT2D eigenvalue weighted by atomic mass is 79.9. The lowest BCUT2D eigenvalue weighted by Gasteiger charge is -2.17. The Morgan fingerprint density at radius 3 is 2.50 bits per heavy atom. The van der Waals surface area contributed by atoms with E-state index in [1.807, 2.05) is 19.2 Å². The molecule has 2 aromatic heterocycles. The van der Waals surface area contributed by atoms with Gasteiger partial charge in [0, 0.05) is 4.47 Å². The fourth-order valence-corrected chi connectivity index (χ4v) is 4.04. The minimum Gasteiger partial charge on any atom is -0.309 e. The number of H-pyrrole nitrogens is 2. The molecule has 3 aromatic rings. The van der Waals surface area contributed by atoms with Crippen LogP contribution in [0.15, 0.2) is 36.6 Å². The molecule has 7 heteroatoms. The fourth-order valence-electron chi connectivity index (χ4n) is 2.27. The standard InChI is InChI=1S/C13H11Br2N3OS/c1-16-12(6-2-11(15)20-5-6)7-3-9-10(4-8(7)14)18-13(19)17-9/h2-5,12,16H,1H3,(H2,17,18,19). The van der Waals surface area contributed by atoms with E-state index in [-0.39, 0.29) is 11.7 Å². The zero-order valence-electron chi connectivity index (χ0n) is 10.5. The van der Waals surface area contributed by atoms with Crippen LogP contribution in [0, 0.1) is 0 Å². The first-order valence-electron chi connectivity index (χ1n) is 5.91. The van der Waals surface area contributed by atoms with Crippen molar-refractivity contribution in [3.05, 3.63) is 53.4 Å². The Hall–Kier alpha value is -0.890. The number of aromatic amines is 2. The van der Waals surface area contributed by atoms with E-state index in [1.54, 1.807) is 11.3 Å². The number of halogens is 2. The minimum atomic E-state index is -0.191. The Balaban J connectivity index is 2.15. The van der Waals surface area contributed by atoms with Gasteiger partial charge in [0.15, 0.2) is 0 Å². The molecule has 4 nitrogen and oxygen atoms in total. The third kappa shape index (κ3) is 2.50. The van der Waals surface area contributed by atoms with E-state index in [2.05, 4.69) is 58.6 Å². The molecule has 3 N–H and O–H groups in total. The maximum absolute atomic E-state index is 11.4. The zero-order chi connectivity index (χ0) is 14.3. The van der Waals surface area contributed by atoms with Crippen molar-refractivity contribution in [2.75, 3.05) is 7.05 Å². The van der Waals surface area contributed by atoms with Crippen LogP contribution in [0.3, 0.4) is 0 Å². The molecule has 0 amide bonds. The Labute approximate surface area is 135 Å². The molecule has 1 atom stereocenters. The van der Waals surface area contributed by atoms with Crippen molar-refractivity contribution in [1.82, 2.24) is 15.3 Å². The molecule has 0 spiro atoms. The molecule has 0 saturated carbocycles. The van der Waals surface area contributed by atoms with Gasteiger partial charge in [0.1, 0.15) is 0 Å². The van der Waals surface area contributed by atoms with Crippen molar-refractivity contribution in [1.29, 1.82) is 0 Å². The number of fused-ring (bicyclic) bond motifs is 1. The highest BCUT2D eigenvalue weighted by Gasteiger charge is 2.17. The molecular weight excluding hydrogens is 406 g/mol. The number of aromatic nitrogens is 2. The molecule has 0 aliphatic carbocycles. The van der Waals surface area contributed by atoms with Crippen LogP contribution < -0.4 is 11.0 Å². The van der Waals surface area contributed by atoms with Gasteiger partial charge in [-0.2, -0.15) is 0 Å². The predicted octanol–water partition coefficient (Wildman–Crippen LogP) is 3.75. The molecule has 2 heterocycles. The summed E-state index contributed by atoms with van der Waals surface area (Å²) in [7, 11) is 1.92. The van der Waals surface area contributed by atoms with Gasteiger partial charge in [-0.25, -0.2) is 4.79 Å². The number of hydrogen-bond donors (Lipinski definition) is 3. The summed E-state index contributed by atoms with van der Waals surface area (Å²) in [4.78, 5) is 16.9. The second-order valence-corrected chi connectivity index (χ2v) is 7.55. The summed E-state index contributed by atoms with van der Waals surface area (Å²) in [6.45, 7) is 0. The molecule has 0 saturated heterocycles. The average molecular weight is 417 g/mol. The zero-order valence-corrected chi connectivity index (χ0v) is 14.4. The summed E-state index contributed by atoms with van der Waals surface area (Å²) < 4.78 is 2.06. The molecule has 0 radical (unpaired) electrons. The Kier molecular flexibility index (Phi) is 3.85. The fraction of sp³-hybridized carbons (Fsp3) is 0.154. The lowest BCUT2D eigenvalue weighted by molar-refractivity contribution is 0.692. The van der Waals surface area contributed by atoms with E-state index in [9.17, 15) is 4.79 Å². The third-order valence-corrected chi connectivity index (χ3v) is 5.36. The quantitative estimate of drug-likeness (QED) is 0.608. The van der Waals surface area contributed by atoms with Gasteiger partial charge in [-0.15, -0.1) is 11.3 Å². The van der Waals surface area contributed by atoms with Crippen molar-refractivity contribution >= 4 is 54.2 Å². The molecule has 1 unspecified atom stereocenters. The lowest BCUT2D eigenvalue weighted by atomic mass is 10.0. The largest absolute Gasteiger partial charge is 0.323 e. The predicted molar refractivity (Wildman–Crippen MR) is 89.5 cm³/mol. The van der Waals surface area contributed by atoms with E-state index in [1.165, 1.54) is 5.56 Å². The maximum atomic E-state index is 11.4. The third-order valence-electron chi connectivity index (χ3n) is 3.15. The highest BCUT2D eigenvalue weighted by Crippen LogP contribution is 2.34. The van der Waals surface area contributed by atoms with Crippen LogP contribution in [0.4, 0.5) is 0 Å². The van der Waals surface area contributed by atoms with Crippen molar-refractivity contribution in [2.45, 2.75) is 6.04 Å². The number of hydrogen-bond acceptors (Lipinski definition) is 3. The van der Waals surface area contributed by atoms with Gasteiger partial charge >= 0.3 is 5.69 Å². The average Bonchev–Trinajstić information content (AvgIpc) is 2.96. The van der Waals surface area contributed by atoms with Gasteiger partial charge in [-0.05, 0) is 57.7 Å². The normalized spacial score (nSPS) is 12.9. The van der Waals surface area contributed by atoms with Gasteiger partial charge in [0.2, 0.25) is 0 Å². The Bertz CT molecular complexity index is 820. The number of rotatable bonds is 3. The number of imidazole rings is 1. The molecular formula is C13H11Br2N3OS. The molecule has 3 rings (SSSR count). The Morgan fingerprint density at radius 2 is 1.90 bits per heavy atom. The molecule has 0 aliphatic heterocycles. The lowest BCUT2D eigenvalue weighted by Crippen LogP contribution is -2.17. The van der Waals surface area contributed by atoms with Crippen molar-refractivity contribution in [3.8, 4) is 0 Å². The number of benzene rings is 1. The van der Waals surface area contributed by atoms with E-state index < -0.39 is 0 Å². The van der Waals surface area contributed by atoms with E-state index in [0.717, 1.165) is 24.9 Å². The van der Waals surface area contributed by atoms with Crippen LogP contribution in [0.2, 0.25) is 0 Å². The second kappa shape index (κ2) is 5.48. The smallest absolute Gasteiger partial charge is 0.309 e. The Morgan fingerprint density at radius 1 is 1.20 bits per heavy atom.